The monoisotopic (exact) mass is 556 g/mol. The molecule has 0 heteroatoms. The van der Waals surface area contributed by atoms with Crippen LogP contribution in [0.2, 0.25) is 0 Å². The molecule has 9 aromatic rings. The summed E-state index contributed by atoms with van der Waals surface area (Å²) in [6.45, 7) is 0. The van der Waals surface area contributed by atoms with E-state index >= 15 is 0 Å². The van der Waals surface area contributed by atoms with E-state index in [0.717, 1.165) is 0 Å². The minimum atomic E-state index is 1.23. The molecule has 0 N–H and O–H groups in total. The lowest BCUT2D eigenvalue weighted by molar-refractivity contribution is 1.62. The van der Waals surface area contributed by atoms with Crippen LogP contribution in [0.5, 0.6) is 0 Å². The summed E-state index contributed by atoms with van der Waals surface area (Å²) in [4.78, 5) is 0. The van der Waals surface area contributed by atoms with Gasteiger partial charge >= 0.3 is 0 Å². The number of rotatable bonds is 3. The van der Waals surface area contributed by atoms with Crippen molar-refractivity contribution >= 4 is 53.9 Å². The Bertz CT molecular complexity index is 2540. The van der Waals surface area contributed by atoms with Gasteiger partial charge in [-0.05, 0) is 118 Å². The molecule has 0 spiro atoms. The molecule has 0 heterocycles. The third-order valence-electron chi connectivity index (χ3n) is 9.18. The molecule has 9 aromatic carbocycles. The van der Waals surface area contributed by atoms with Crippen LogP contribution in [0.3, 0.4) is 0 Å². The van der Waals surface area contributed by atoms with Crippen LogP contribution < -0.4 is 0 Å². The molecule has 0 nitrogen and oxygen atoms in total. The predicted molar refractivity (Wildman–Crippen MR) is 190 cm³/mol. The Balaban J connectivity index is 1.15. The molecule has 0 aromatic heterocycles. The maximum Gasteiger partial charge on any atom is -0.00206 e. The van der Waals surface area contributed by atoms with Crippen molar-refractivity contribution < 1.29 is 0 Å². The fourth-order valence-electron chi connectivity index (χ4n) is 6.95. The normalized spacial score (nSPS) is 11.6. The van der Waals surface area contributed by atoms with Crippen molar-refractivity contribution in [2.45, 2.75) is 0 Å². The molecule has 0 radical (unpaired) electrons. The first-order valence-electron chi connectivity index (χ1n) is 15.3. The molecule has 0 aliphatic heterocycles. The molecule has 0 fully saturated rings. The van der Waals surface area contributed by atoms with Gasteiger partial charge in [0.25, 0.3) is 0 Å². The summed E-state index contributed by atoms with van der Waals surface area (Å²) in [5.41, 5.74) is 7.46. The topological polar surface area (TPSA) is 0 Å². The quantitative estimate of drug-likeness (QED) is 0.190. The first kappa shape index (κ1) is 24.8. The number of hydrogen-bond donors (Lipinski definition) is 0. The molecular weight excluding hydrogens is 528 g/mol. The van der Waals surface area contributed by atoms with Crippen LogP contribution in [0.15, 0.2) is 170 Å². The highest BCUT2D eigenvalue weighted by molar-refractivity contribution is 6.24. The van der Waals surface area contributed by atoms with Gasteiger partial charge in [-0.25, -0.2) is 0 Å². The second-order valence-corrected chi connectivity index (χ2v) is 11.8. The van der Waals surface area contributed by atoms with Crippen LogP contribution in [0.4, 0.5) is 0 Å². The Morgan fingerprint density at radius 1 is 0.227 bits per heavy atom. The lowest BCUT2D eigenvalue weighted by atomic mass is 9.89. The molecule has 0 aliphatic carbocycles. The molecule has 204 valence electrons. The van der Waals surface area contributed by atoms with Crippen molar-refractivity contribution in [1.29, 1.82) is 0 Å². The highest BCUT2D eigenvalue weighted by atomic mass is 14.2. The van der Waals surface area contributed by atoms with Crippen LogP contribution in [-0.4, -0.2) is 0 Å². The lowest BCUT2D eigenvalue weighted by Gasteiger charge is -2.14. The summed E-state index contributed by atoms with van der Waals surface area (Å²) >= 11 is 0. The summed E-state index contributed by atoms with van der Waals surface area (Å²) in [6.07, 6.45) is 0. The van der Waals surface area contributed by atoms with Gasteiger partial charge in [-0.15, -0.1) is 0 Å². The van der Waals surface area contributed by atoms with E-state index in [4.69, 9.17) is 0 Å². The highest BCUT2D eigenvalue weighted by Gasteiger charge is 2.12. The van der Waals surface area contributed by atoms with Crippen molar-refractivity contribution in [3.05, 3.63) is 170 Å². The smallest absolute Gasteiger partial charge is 0.00206 e. The first-order valence-corrected chi connectivity index (χ1v) is 15.3. The third kappa shape index (κ3) is 4.07. The van der Waals surface area contributed by atoms with Gasteiger partial charge in [0.05, 0.1) is 0 Å². The van der Waals surface area contributed by atoms with E-state index < -0.39 is 0 Å². The average molecular weight is 557 g/mol. The van der Waals surface area contributed by atoms with Crippen LogP contribution in [-0.2, 0) is 0 Å². The summed E-state index contributed by atoms with van der Waals surface area (Å²) in [6, 6.07) is 62.4. The van der Waals surface area contributed by atoms with Gasteiger partial charge in [-0.2, -0.15) is 0 Å². The van der Waals surface area contributed by atoms with Gasteiger partial charge in [0, 0.05) is 0 Å². The summed E-state index contributed by atoms with van der Waals surface area (Å²) in [7, 11) is 0. The molecule has 0 unspecified atom stereocenters. The molecule has 0 aliphatic rings. The van der Waals surface area contributed by atoms with Crippen LogP contribution in [0.25, 0.3) is 87.2 Å². The van der Waals surface area contributed by atoms with Crippen LogP contribution >= 0.6 is 0 Å². The van der Waals surface area contributed by atoms with Gasteiger partial charge in [0.2, 0.25) is 0 Å². The molecule has 9 rings (SSSR count). The minimum Gasteiger partial charge on any atom is -0.0616 e. The van der Waals surface area contributed by atoms with E-state index in [1.807, 2.05) is 0 Å². The molecule has 0 saturated heterocycles. The highest BCUT2D eigenvalue weighted by Crippen LogP contribution is 2.40. The fraction of sp³-hybridized carbons (Fsp3) is 0. The van der Waals surface area contributed by atoms with Crippen molar-refractivity contribution in [3.8, 4) is 33.4 Å². The van der Waals surface area contributed by atoms with E-state index in [9.17, 15) is 0 Å². The standard InChI is InChI=1S/C44H28/c1-2-10-31-24-34(17-16-29(31)8-1)36-21-20-35-25-33(18-19-37(35)26-36)32-12-7-13-38(27-32)43-28-39-11-4-6-15-41(39)44-40-14-5-3-9-30(40)22-23-42(43)44/h1-28H. The van der Waals surface area contributed by atoms with Crippen molar-refractivity contribution in [1.82, 2.24) is 0 Å². The van der Waals surface area contributed by atoms with Crippen LogP contribution in [0, 0.1) is 0 Å². The Hall–Kier alpha value is -5.72. The molecule has 44 heavy (non-hydrogen) atoms. The van der Waals surface area contributed by atoms with Crippen molar-refractivity contribution in [3.63, 3.8) is 0 Å². The van der Waals surface area contributed by atoms with E-state index in [1.54, 1.807) is 0 Å². The molecule has 0 saturated carbocycles. The van der Waals surface area contributed by atoms with Crippen LogP contribution in [0.1, 0.15) is 0 Å². The Morgan fingerprint density at radius 3 is 1.41 bits per heavy atom. The predicted octanol–water partition coefficient (Wildman–Crippen LogP) is 12.5. The maximum atomic E-state index is 2.36. The Labute approximate surface area is 256 Å². The van der Waals surface area contributed by atoms with Gasteiger partial charge < -0.3 is 0 Å². The van der Waals surface area contributed by atoms with Gasteiger partial charge in [0.1, 0.15) is 0 Å². The molecular formula is C44H28. The second-order valence-electron chi connectivity index (χ2n) is 11.8. The summed E-state index contributed by atoms with van der Waals surface area (Å²) in [5, 5.41) is 12.8. The van der Waals surface area contributed by atoms with E-state index in [2.05, 4.69) is 170 Å². The van der Waals surface area contributed by atoms with E-state index in [0.29, 0.717) is 0 Å². The second kappa shape index (κ2) is 9.93. The lowest BCUT2D eigenvalue weighted by Crippen LogP contribution is -1.87. The van der Waals surface area contributed by atoms with Gasteiger partial charge in [0.15, 0.2) is 0 Å². The molecule has 0 bridgehead atoms. The first-order chi connectivity index (χ1) is 21.8. The Morgan fingerprint density at radius 2 is 0.705 bits per heavy atom. The fourth-order valence-corrected chi connectivity index (χ4v) is 6.95. The van der Waals surface area contributed by atoms with E-state index in [1.165, 1.54) is 87.2 Å². The van der Waals surface area contributed by atoms with E-state index in [-0.39, 0.29) is 0 Å². The SMILES string of the molecule is c1cc(-c2ccc3cc(-c4ccc5ccccc5c4)ccc3c2)cc(-c2cc3ccccc3c3c2ccc2ccccc23)c1. The zero-order chi connectivity index (χ0) is 29.0. The summed E-state index contributed by atoms with van der Waals surface area (Å²) < 4.78 is 0. The minimum absolute atomic E-state index is 1.23. The molecule has 0 atom stereocenters. The van der Waals surface area contributed by atoms with Gasteiger partial charge in [-0.1, -0.05) is 140 Å². The van der Waals surface area contributed by atoms with Crippen molar-refractivity contribution in [2.75, 3.05) is 0 Å². The largest absolute Gasteiger partial charge is 0.0616 e. The summed E-state index contributed by atoms with van der Waals surface area (Å²) in [5.74, 6) is 0. The average Bonchev–Trinajstić information content (AvgIpc) is 3.10. The number of benzene rings is 9. The van der Waals surface area contributed by atoms with Crippen molar-refractivity contribution in [2.24, 2.45) is 0 Å². The maximum absolute atomic E-state index is 2.36. The zero-order valence-electron chi connectivity index (χ0n) is 24.2. The zero-order valence-corrected chi connectivity index (χ0v) is 24.2. The number of fused-ring (bicyclic) bond motifs is 7. The molecule has 0 amide bonds. The Kier molecular flexibility index (Phi) is 5.61. The number of hydrogen-bond acceptors (Lipinski definition) is 0. The third-order valence-corrected chi connectivity index (χ3v) is 9.18. The van der Waals surface area contributed by atoms with Gasteiger partial charge in [-0.3, -0.25) is 0 Å².